The van der Waals surface area contributed by atoms with Crippen molar-refractivity contribution in [2.45, 2.75) is 51.5 Å². The zero-order valence-corrected chi connectivity index (χ0v) is 12.1. The summed E-state index contributed by atoms with van der Waals surface area (Å²) in [6.07, 6.45) is 11.5. The van der Waals surface area contributed by atoms with Crippen molar-refractivity contribution in [1.29, 1.82) is 0 Å². The number of rotatable bonds is 5. The molecule has 0 aliphatic heterocycles. The zero-order valence-electron chi connectivity index (χ0n) is 12.1. The highest BCUT2D eigenvalue weighted by Gasteiger charge is 2.26. The Kier molecular flexibility index (Phi) is 5.20. The van der Waals surface area contributed by atoms with Crippen LogP contribution in [0.15, 0.2) is 18.5 Å². The van der Waals surface area contributed by atoms with Gasteiger partial charge in [-0.2, -0.15) is 0 Å². The fraction of sp³-hybridized carbons (Fsp3) is 0.688. The Morgan fingerprint density at radius 3 is 2.68 bits per heavy atom. The lowest BCUT2D eigenvalue weighted by atomic mass is 9.76. The van der Waals surface area contributed by atoms with Gasteiger partial charge in [0.15, 0.2) is 0 Å². The largest absolute Gasteiger partial charge is 0.495 e. The number of pyridine rings is 1. The molecule has 1 aromatic heterocycles. The highest BCUT2D eigenvalue weighted by atomic mass is 16.5. The van der Waals surface area contributed by atoms with Crippen LogP contribution < -0.4 is 10.5 Å². The van der Waals surface area contributed by atoms with Crippen LogP contribution in [-0.2, 0) is 0 Å². The third-order valence-corrected chi connectivity index (χ3v) is 4.45. The van der Waals surface area contributed by atoms with Crippen molar-refractivity contribution in [2.75, 3.05) is 7.11 Å². The van der Waals surface area contributed by atoms with E-state index in [2.05, 4.69) is 11.9 Å². The first kappa shape index (κ1) is 14.3. The van der Waals surface area contributed by atoms with Gasteiger partial charge in [0, 0.05) is 12.2 Å². The van der Waals surface area contributed by atoms with Gasteiger partial charge in [-0.1, -0.05) is 32.6 Å². The monoisotopic (exact) mass is 262 g/mol. The molecule has 1 heterocycles. The number of ether oxygens (including phenoxy) is 1. The van der Waals surface area contributed by atoms with Gasteiger partial charge in [0.2, 0.25) is 0 Å². The molecule has 1 atom stereocenters. The zero-order chi connectivity index (χ0) is 13.7. The van der Waals surface area contributed by atoms with Gasteiger partial charge < -0.3 is 10.5 Å². The van der Waals surface area contributed by atoms with Crippen LogP contribution in [0.2, 0.25) is 0 Å². The summed E-state index contributed by atoms with van der Waals surface area (Å²) in [5, 5.41) is 0. The average Bonchev–Trinajstić information content (AvgIpc) is 2.48. The summed E-state index contributed by atoms with van der Waals surface area (Å²) in [6.45, 7) is 2.28. The van der Waals surface area contributed by atoms with Crippen molar-refractivity contribution in [3.05, 3.63) is 24.0 Å². The summed E-state index contributed by atoms with van der Waals surface area (Å²) in [4.78, 5) is 4.21. The smallest absolute Gasteiger partial charge is 0.137 e. The Morgan fingerprint density at radius 2 is 2.05 bits per heavy atom. The predicted octanol–water partition coefficient (Wildman–Crippen LogP) is 3.70. The molecule has 3 heteroatoms. The molecule has 3 nitrogen and oxygen atoms in total. The van der Waals surface area contributed by atoms with Crippen molar-refractivity contribution in [1.82, 2.24) is 4.98 Å². The molecule has 0 aromatic carbocycles. The second-order valence-corrected chi connectivity index (χ2v) is 5.75. The van der Waals surface area contributed by atoms with Crippen LogP contribution in [0.3, 0.4) is 0 Å². The van der Waals surface area contributed by atoms with E-state index >= 15 is 0 Å². The van der Waals surface area contributed by atoms with Gasteiger partial charge in [-0.3, -0.25) is 4.98 Å². The van der Waals surface area contributed by atoms with Crippen molar-refractivity contribution in [3.63, 3.8) is 0 Å². The number of aromatic nitrogens is 1. The average molecular weight is 262 g/mol. The van der Waals surface area contributed by atoms with Gasteiger partial charge >= 0.3 is 0 Å². The maximum absolute atomic E-state index is 6.42. The second kappa shape index (κ2) is 6.90. The fourth-order valence-corrected chi connectivity index (χ4v) is 3.25. The summed E-state index contributed by atoms with van der Waals surface area (Å²) in [7, 11) is 1.67. The van der Waals surface area contributed by atoms with Crippen LogP contribution in [0.1, 0.15) is 57.1 Å². The Morgan fingerprint density at radius 1 is 1.32 bits per heavy atom. The molecule has 1 unspecified atom stereocenters. The molecule has 2 rings (SSSR count). The van der Waals surface area contributed by atoms with Gasteiger partial charge in [-0.15, -0.1) is 0 Å². The number of methoxy groups -OCH3 is 1. The molecule has 0 radical (unpaired) electrons. The van der Waals surface area contributed by atoms with Gasteiger partial charge in [0.1, 0.15) is 5.75 Å². The summed E-state index contributed by atoms with van der Waals surface area (Å²) < 4.78 is 5.22. The molecule has 19 heavy (non-hydrogen) atoms. The first-order chi connectivity index (χ1) is 9.24. The Hall–Kier alpha value is -1.09. The highest BCUT2D eigenvalue weighted by Crippen LogP contribution is 2.37. The molecule has 0 spiro atoms. The van der Waals surface area contributed by atoms with Gasteiger partial charge in [-0.25, -0.2) is 0 Å². The molecule has 2 N–H and O–H groups in total. The molecule has 0 bridgehead atoms. The number of nitrogens with two attached hydrogens (primary N) is 1. The molecule has 1 aliphatic rings. The van der Waals surface area contributed by atoms with Gasteiger partial charge in [0.05, 0.1) is 13.3 Å². The summed E-state index contributed by atoms with van der Waals surface area (Å²) in [5.74, 6) is 2.33. The maximum atomic E-state index is 6.42. The van der Waals surface area contributed by atoms with Crippen molar-refractivity contribution in [3.8, 4) is 5.75 Å². The van der Waals surface area contributed by atoms with E-state index in [1.54, 1.807) is 13.3 Å². The van der Waals surface area contributed by atoms with Gasteiger partial charge in [-0.05, 0) is 36.3 Å². The van der Waals surface area contributed by atoms with Crippen LogP contribution in [0.4, 0.5) is 0 Å². The maximum Gasteiger partial charge on any atom is 0.137 e. The minimum absolute atomic E-state index is 0.102. The Balaban J connectivity index is 1.94. The number of hydrogen-bond donors (Lipinski definition) is 1. The van der Waals surface area contributed by atoms with E-state index < -0.39 is 0 Å². The first-order valence-corrected chi connectivity index (χ1v) is 7.49. The second-order valence-electron chi connectivity index (χ2n) is 5.75. The minimum atomic E-state index is 0.102. The quantitative estimate of drug-likeness (QED) is 0.880. The van der Waals surface area contributed by atoms with E-state index in [-0.39, 0.29) is 6.04 Å². The molecular weight excluding hydrogens is 236 g/mol. The van der Waals surface area contributed by atoms with Crippen LogP contribution in [-0.4, -0.2) is 12.1 Å². The van der Waals surface area contributed by atoms with E-state index in [4.69, 9.17) is 10.5 Å². The van der Waals surface area contributed by atoms with Crippen LogP contribution in [0, 0.1) is 11.8 Å². The number of hydrogen-bond acceptors (Lipinski definition) is 3. The van der Waals surface area contributed by atoms with Crippen molar-refractivity contribution < 1.29 is 4.74 Å². The summed E-state index contributed by atoms with van der Waals surface area (Å²) >= 11 is 0. The molecule has 106 valence electrons. The van der Waals surface area contributed by atoms with E-state index in [0.29, 0.717) is 5.92 Å². The minimum Gasteiger partial charge on any atom is -0.495 e. The van der Waals surface area contributed by atoms with E-state index in [0.717, 1.165) is 17.2 Å². The van der Waals surface area contributed by atoms with E-state index in [9.17, 15) is 0 Å². The lowest BCUT2D eigenvalue weighted by Crippen LogP contribution is -2.26. The van der Waals surface area contributed by atoms with E-state index in [1.165, 1.54) is 38.5 Å². The summed E-state index contributed by atoms with van der Waals surface area (Å²) in [5.41, 5.74) is 7.53. The lowest BCUT2D eigenvalue weighted by Gasteiger charge is -2.32. The predicted molar refractivity (Wildman–Crippen MR) is 78.1 cm³/mol. The molecule has 1 saturated carbocycles. The van der Waals surface area contributed by atoms with E-state index in [1.807, 2.05) is 12.3 Å². The number of nitrogens with zero attached hydrogens (tertiary/aromatic N) is 1. The molecular formula is C16H26N2O. The third kappa shape index (κ3) is 3.69. The standard InChI is InChI=1S/C16H26N2O/c1-3-4-12-5-7-13(8-6-12)16(17)14-9-15(19-2)11-18-10-14/h9-13,16H,3-8,17H2,1-2H3. The first-order valence-electron chi connectivity index (χ1n) is 7.49. The lowest BCUT2D eigenvalue weighted by molar-refractivity contribution is 0.234. The molecule has 1 aliphatic carbocycles. The van der Waals surface area contributed by atoms with Gasteiger partial charge in [0.25, 0.3) is 0 Å². The Bertz CT molecular complexity index is 386. The SMILES string of the molecule is CCCC1CCC(C(N)c2cncc(OC)c2)CC1. The molecule has 0 amide bonds. The fourth-order valence-electron chi connectivity index (χ4n) is 3.25. The van der Waals surface area contributed by atoms with Crippen LogP contribution in [0.5, 0.6) is 5.75 Å². The van der Waals surface area contributed by atoms with Crippen LogP contribution >= 0.6 is 0 Å². The van der Waals surface area contributed by atoms with Crippen molar-refractivity contribution in [2.24, 2.45) is 17.6 Å². The molecule has 0 saturated heterocycles. The van der Waals surface area contributed by atoms with Crippen LogP contribution in [0.25, 0.3) is 0 Å². The Labute approximate surface area is 116 Å². The molecule has 1 aromatic rings. The highest BCUT2D eigenvalue weighted by molar-refractivity contribution is 5.26. The van der Waals surface area contributed by atoms with Crippen molar-refractivity contribution >= 4 is 0 Å². The third-order valence-electron chi connectivity index (χ3n) is 4.45. The summed E-state index contributed by atoms with van der Waals surface area (Å²) in [6, 6.07) is 2.13. The normalized spacial score (nSPS) is 25.0. The topological polar surface area (TPSA) is 48.1 Å². The molecule has 1 fully saturated rings.